The predicted octanol–water partition coefficient (Wildman–Crippen LogP) is 0.764. The van der Waals surface area contributed by atoms with Crippen molar-refractivity contribution in [2.24, 2.45) is 0 Å². The Kier molecular flexibility index (Phi) is 6.07. The molecule has 0 spiro atoms. The van der Waals surface area contributed by atoms with Crippen LogP contribution in [-0.2, 0) is 0 Å². The van der Waals surface area contributed by atoms with Crippen molar-refractivity contribution in [3.63, 3.8) is 0 Å². The van der Waals surface area contributed by atoms with E-state index in [2.05, 4.69) is 20.9 Å². The molecule has 1 aromatic rings. The lowest BCUT2D eigenvalue weighted by Gasteiger charge is -2.22. The van der Waals surface area contributed by atoms with E-state index in [9.17, 15) is 4.79 Å². The molecule has 0 aliphatic carbocycles. The molecule has 1 aromatic heterocycles. The van der Waals surface area contributed by atoms with Gasteiger partial charge >= 0.3 is 0 Å². The van der Waals surface area contributed by atoms with Crippen molar-refractivity contribution in [2.75, 3.05) is 19.6 Å². The number of piperidine rings is 1. The van der Waals surface area contributed by atoms with Gasteiger partial charge in [-0.05, 0) is 32.4 Å². The van der Waals surface area contributed by atoms with Gasteiger partial charge in [0.1, 0.15) is 0 Å². The second-order valence-corrected chi connectivity index (χ2v) is 4.32. The highest BCUT2D eigenvalue weighted by Gasteiger charge is 2.18. The van der Waals surface area contributed by atoms with Gasteiger partial charge < -0.3 is 10.6 Å². The van der Waals surface area contributed by atoms with Gasteiger partial charge in [0.05, 0.1) is 12.2 Å². The van der Waals surface area contributed by atoms with Gasteiger partial charge in [0, 0.05) is 6.54 Å². The van der Waals surface area contributed by atoms with Gasteiger partial charge in [-0.3, -0.25) is 4.79 Å². The standard InChI is InChI=1S/C11H19N5O.ClH/c1-2-5-13-11(17)10-8-16(15-14-10)9-3-6-12-7-4-9;/h8-9,12H,2-7H2,1H3,(H,13,17);1H. The van der Waals surface area contributed by atoms with Gasteiger partial charge in [-0.1, -0.05) is 12.1 Å². The third-order valence-corrected chi connectivity index (χ3v) is 2.96. The fourth-order valence-corrected chi connectivity index (χ4v) is 1.96. The van der Waals surface area contributed by atoms with Crippen LogP contribution in [0.1, 0.15) is 42.7 Å². The van der Waals surface area contributed by atoms with E-state index in [0.29, 0.717) is 18.3 Å². The lowest BCUT2D eigenvalue weighted by atomic mass is 10.1. The van der Waals surface area contributed by atoms with Crippen molar-refractivity contribution in [3.8, 4) is 0 Å². The number of rotatable bonds is 4. The molecule has 6 nitrogen and oxygen atoms in total. The lowest BCUT2D eigenvalue weighted by Crippen LogP contribution is -2.29. The zero-order valence-corrected chi connectivity index (χ0v) is 11.4. The van der Waals surface area contributed by atoms with Gasteiger partial charge in [-0.2, -0.15) is 0 Å². The number of hydrogen-bond donors (Lipinski definition) is 2. The minimum Gasteiger partial charge on any atom is -0.351 e. The van der Waals surface area contributed by atoms with Crippen molar-refractivity contribution in [3.05, 3.63) is 11.9 Å². The smallest absolute Gasteiger partial charge is 0.273 e. The average Bonchev–Trinajstić information content (AvgIpc) is 2.86. The third-order valence-electron chi connectivity index (χ3n) is 2.96. The number of nitrogens with one attached hydrogen (secondary N) is 2. The van der Waals surface area contributed by atoms with E-state index in [1.165, 1.54) is 0 Å². The molecule has 7 heteroatoms. The van der Waals surface area contributed by atoms with Gasteiger partial charge in [-0.15, -0.1) is 17.5 Å². The highest BCUT2D eigenvalue weighted by atomic mass is 35.5. The van der Waals surface area contributed by atoms with Crippen LogP contribution in [0.15, 0.2) is 6.20 Å². The molecule has 0 bridgehead atoms. The quantitative estimate of drug-likeness (QED) is 0.850. The van der Waals surface area contributed by atoms with Crippen LogP contribution in [0.5, 0.6) is 0 Å². The molecule has 18 heavy (non-hydrogen) atoms. The highest BCUT2D eigenvalue weighted by molar-refractivity contribution is 5.91. The normalized spacial score (nSPS) is 16.1. The van der Waals surface area contributed by atoms with Crippen molar-refractivity contribution >= 4 is 18.3 Å². The van der Waals surface area contributed by atoms with E-state index in [1.54, 1.807) is 6.20 Å². The van der Waals surface area contributed by atoms with Crippen LogP contribution in [0.3, 0.4) is 0 Å². The fraction of sp³-hybridized carbons (Fsp3) is 0.727. The summed E-state index contributed by atoms with van der Waals surface area (Å²) in [6.07, 6.45) is 4.76. The average molecular weight is 274 g/mol. The zero-order chi connectivity index (χ0) is 12.1. The molecular weight excluding hydrogens is 254 g/mol. The Balaban J connectivity index is 0.00000162. The van der Waals surface area contributed by atoms with E-state index >= 15 is 0 Å². The van der Waals surface area contributed by atoms with Crippen molar-refractivity contribution < 1.29 is 4.79 Å². The summed E-state index contributed by atoms with van der Waals surface area (Å²) in [7, 11) is 0. The Morgan fingerprint density at radius 1 is 1.56 bits per heavy atom. The maximum atomic E-state index is 11.7. The number of aromatic nitrogens is 3. The second-order valence-electron chi connectivity index (χ2n) is 4.32. The van der Waals surface area contributed by atoms with E-state index in [0.717, 1.165) is 32.4 Å². The van der Waals surface area contributed by atoms with Crippen molar-refractivity contribution in [2.45, 2.75) is 32.2 Å². The molecule has 0 saturated carbocycles. The maximum absolute atomic E-state index is 11.7. The molecule has 1 aliphatic heterocycles. The molecule has 1 aliphatic rings. The summed E-state index contributed by atoms with van der Waals surface area (Å²) >= 11 is 0. The molecule has 2 N–H and O–H groups in total. The first-order valence-electron chi connectivity index (χ1n) is 6.22. The Labute approximate surface area is 113 Å². The fourth-order valence-electron chi connectivity index (χ4n) is 1.96. The van der Waals surface area contributed by atoms with Gasteiger partial charge in [0.15, 0.2) is 5.69 Å². The molecule has 102 valence electrons. The largest absolute Gasteiger partial charge is 0.351 e. The first kappa shape index (κ1) is 14.9. The van der Waals surface area contributed by atoms with Crippen LogP contribution in [0.25, 0.3) is 0 Å². The zero-order valence-electron chi connectivity index (χ0n) is 10.6. The van der Waals surface area contributed by atoms with Crippen LogP contribution in [0, 0.1) is 0 Å². The summed E-state index contributed by atoms with van der Waals surface area (Å²) < 4.78 is 1.82. The minimum atomic E-state index is -0.132. The summed E-state index contributed by atoms with van der Waals surface area (Å²) in [6, 6.07) is 0.372. The molecule has 0 aromatic carbocycles. The first-order valence-corrected chi connectivity index (χ1v) is 6.22. The molecule has 0 unspecified atom stereocenters. The minimum absolute atomic E-state index is 0. The van der Waals surface area contributed by atoms with E-state index in [1.807, 2.05) is 11.6 Å². The van der Waals surface area contributed by atoms with Crippen molar-refractivity contribution in [1.29, 1.82) is 0 Å². The number of carbonyl (C=O) groups is 1. The number of nitrogens with zero attached hydrogens (tertiary/aromatic N) is 3. The first-order chi connectivity index (χ1) is 8.31. The van der Waals surface area contributed by atoms with Crippen molar-refractivity contribution in [1.82, 2.24) is 25.6 Å². The molecule has 0 radical (unpaired) electrons. The number of halogens is 1. The molecule has 1 fully saturated rings. The maximum Gasteiger partial charge on any atom is 0.273 e. The Hall–Kier alpha value is -1.14. The summed E-state index contributed by atoms with van der Waals surface area (Å²) in [5.41, 5.74) is 0.414. The van der Waals surface area contributed by atoms with E-state index in [4.69, 9.17) is 0 Å². The van der Waals surface area contributed by atoms with Crippen LogP contribution in [0.2, 0.25) is 0 Å². The topological polar surface area (TPSA) is 71.8 Å². The van der Waals surface area contributed by atoms with Crippen LogP contribution in [0.4, 0.5) is 0 Å². The lowest BCUT2D eigenvalue weighted by molar-refractivity contribution is 0.0948. The Bertz CT molecular complexity index is 375. The molecule has 0 atom stereocenters. The summed E-state index contributed by atoms with van der Waals surface area (Å²) in [4.78, 5) is 11.7. The monoisotopic (exact) mass is 273 g/mol. The second kappa shape index (κ2) is 7.33. The summed E-state index contributed by atoms with van der Waals surface area (Å²) in [5, 5.41) is 14.1. The van der Waals surface area contributed by atoms with Gasteiger partial charge in [0.2, 0.25) is 0 Å². The van der Waals surface area contributed by atoms with Crippen LogP contribution < -0.4 is 10.6 Å². The molecule has 1 amide bonds. The van der Waals surface area contributed by atoms with E-state index in [-0.39, 0.29) is 18.3 Å². The predicted molar refractivity (Wildman–Crippen MR) is 71.0 cm³/mol. The number of amides is 1. The molecule has 2 heterocycles. The van der Waals surface area contributed by atoms with Gasteiger partial charge in [-0.25, -0.2) is 4.68 Å². The van der Waals surface area contributed by atoms with Gasteiger partial charge in [0.25, 0.3) is 5.91 Å². The van der Waals surface area contributed by atoms with Crippen LogP contribution in [-0.4, -0.2) is 40.5 Å². The Morgan fingerprint density at radius 2 is 2.28 bits per heavy atom. The number of carbonyl (C=O) groups excluding carboxylic acids is 1. The Morgan fingerprint density at radius 3 is 2.94 bits per heavy atom. The summed E-state index contributed by atoms with van der Waals surface area (Å²) in [6.45, 7) is 4.70. The molecular formula is C11H20ClN5O. The number of hydrogen-bond acceptors (Lipinski definition) is 4. The third kappa shape index (κ3) is 3.68. The molecule has 2 rings (SSSR count). The van der Waals surface area contributed by atoms with E-state index < -0.39 is 0 Å². The highest BCUT2D eigenvalue weighted by Crippen LogP contribution is 2.16. The SMILES string of the molecule is CCCNC(=O)c1cn(C2CCNCC2)nn1.Cl. The molecule has 1 saturated heterocycles. The van der Waals surface area contributed by atoms with Crippen LogP contribution >= 0.6 is 12.4 Å². The summed E-state index contributed by atoms with van der Waals surface area (Å²) in [5.74, 6) is -0.132.